The van der Waals surface area contributed by atoms with Crippen molar-refractivity contribution in [3.8, 4) is 11.5 Å². The molecule has 5 rings (SSSR count). The van der Waals surface area contributed by atoms with Crippen LogP contribution in [-0.2, 0) is 4.79 Å². The summed E-state index contributed by atoms with van der Waals surface area (Å²) >= 11 is 1.38. The summed E-state index contributed by atoms with van der Waals surface area (Å²) in [6.07, 6.45) is 0.630. The third kappa shape index (κ3) is 3.30. The topological polar surface area (TPSA) is 90.6 Å². The van der Waals surface area contributed by atoms with Gasteiger partial charge in [0.05, 0.1) is 10.8 Å². The molecule has 1 unspecified atom stereocenters. The van der Waals surface area contributed by atoms with E-state index in [4.69, 9.17) is 14.5 Å². The van der Waals surface area contributed by atoms with E-state index < -0.39 is 0 Å². The van der Waals surface area contributed by atoms with Crippen LogP contribution < -0.4 is 14.8 Å². The van der Waals surface area contributed by atoms with E-state index >= 15 is 0 Å². The maximum atomic E-state index is 13.0. The maximum absolute atomic E-state index is 13.0. The van der Waals surface area contributed by atoms with Gasteiger partial charge in [-0.1, -0.05) is 30.8 Å². The molecule has 2 aromatic heterocycles. The molecule has 1 N–H and O–H groups in total. The lowest BCUT2D eigenvalue weighted by molar-refractivity contribution is -0.115. The molecule has 1 aliphatic heterocycles. The van der Waals surface area contributed by atoms with E-state index in [0.717, 1.165) is 16.6 Å². The number of nitrogens with zero attached hydrogens (tertiary/aromatic N) is 4. The van der Waals surface area contributed by atoms with Crippen LogP contribution in [0.25, 0.3) is 16.6 Å². The van der Waals surface area contributed by atoms with Gasteiger partial charge in [0.25, 0.3) is 0 Å². The molecule has 0 saturated heterocycles. The van der Waals surface area contributed by atoms with Gasteiger partial charge in [0.2, 0.25) is 12.7 Å². The van der Waals surface area contributed by atoms with Gasteiger partial charge in [-0.25, -0.2) is 9.97 Å². The Bertz CT molecular complexity index is 1270. The highest BCUT2D eigenvalue weighted by Gasteiger charge is 2.23. The Morgan fingerprint density at radius 2 is 2.03 bits per heavy atom. The lowest BCUT2D eigenvalue weighted by Crippen LogP contribution is -2.25. The second-order valence-corrected chi connectivity index (χ2v) is 8.05. The molecule has 0 spiro atoms. The molecule has 1 atom stereocenters. The molecule has 0 radical (unpaired) electrons. The maximum Gasteiger partial charge on any atom is 0.237 e. The number of amides is 1. The molecule has 8 nitrogen and oxygen atoms in total. The number of aromatic nitrogens is 4. The van der Waals surface area contributed by atoms with Gasteiger partial charge in [0.15, 0.2) is 22.3 Å². The minimum Gasteiger partial charge on any atom is -0.454 e. The van der Waals surface area contributed by atoms with Gasteiger partial charge >= 0.3 is 0 Å². The summed E-state index contributed by atoms with van der Waals surface area (Å²) in [7, 11) is 0. The zero-order chi connectivity index (χ0) is 20.7. The van der Waals surface area contributed by atoms with Crippen molar-refractivity contribution in [2.75, 3.05) is 12.1 Å². The number of rotatable bonds is 5. The fraction of sp³-hybridized carbons (Fsp3) is 0.238. The minimum atomic E-state index is -0.350. The number of carbonyl (C=O) groups is 1. The molecule has 3 heterocycles. The van der Waals surface area contributed by atoms with Gasteiger partial charge in [0.1, 0.15) is 5.82 Å². The summed E-state index contributed by atoms with van der Waals surface area (Å²) in [5.41, 5.74) is 2.23. The van der Waals surface area contributed by atoms with E-state index in [1.54, 1.807) is 22.7 Å². The van der Waals surface area contributed by atoms with E-state index in [1.165, 1.54) is 11.8 Å². The van der Waals surface area contributed by atoms with Gasteiger partial charge in [-0.2, -0.15) is 4.52 Å². The SMILES string of the molecule is CCC(Sc1nc2ccccc2c2nc(C)nn12)C(=O)Nc1ccc2c(c1)OCO2. The van der Waals surface area contributed by atoms with Crippen LogP contribution in [0, 0.1) is 6.92 Å². The van der Waals surface area contributed by atoms with Crippen molar-refractivity contribution < 1.29 is 14.3 Å². The Labute approximate surface area is 176 Å². The third-order valence-electron chi connectivity index (χ3n) is 4.81. The molecule has 4 aromatic rings. The Morgan fingerprint density at radius 3 is 2.90 bits per heavy atom. The predicted octanol–water partition coefficient (Wildman–Crippen LogP) is 3.82. The number of hydrogen-bond donors (Lipinski definition) is 1. The second kappa shape index (κ2) is 7.49. The fourth-order valence-corrected chi connectivity index (χ4v) is 4.32. The van der Waals surface area contributed by atoms with E-state index in [9.17, 15) is 4.79 Å². The number of carbonyl (C=O) groups excluding carboxylic acids is 1. The lowest BCUT2D eigenvalue weighted by Gasteiger charge is -2.15. The molecule has 152 valence electrons. The van der Waals surface area contributed by atoms with Crippen molar-refractivity contribution in [3.63, 3.8) is 0 Å². The summed E-state index contributed by atoms with van der Waals surface area (Å²) in [5.74, 6) is 1.86. The van der Waals surface area contributed by atoms with E-state index in [0.29, 0.717) is 34.6 Å². The van der Waals surface area contributed by atoms with Crippen LogP contribution in [-0.4, -0.2) is 37.5 Å². The highest BCUT2D eigenvalue weighted by Crippen LogP contribution is 2.35. The van der Waals surface area contributed by atoms with Crippen molar-refractivity contribution in [2.24, 2.45) is 0 Å². The average Bonchev–Trinajstić information content (AvgIpc) is 3.37. The summed E-state index contributed by atoms with van der Waals surface area (Å²) in [4.78, 5) is 22.3. The Hall–Kier alpha value is -3.33. The van der Waals surface area contributed by atoms with Gasteiger partial charge < -0.3 is 14.8 Å². The zero-order valence-electron chi connectivity index (χ0n) is 16.5. The largest absolute Gasteiger partial charge is 0.454 e. The molecule has 2 aromatic carbocycles. The minimum absolute atomic E-state index is 0.110. The number of aryl methyl sites for hydroxylation is 1. The highest BCUT2D eigenvalue weighted by atomic mass is 32.2. The van der Waals surface area contributed by atoms with Crippen LogP contribution in [0.1, 0.15) is 19.2 Å². The predicted molar refractivity (Wildman–Crippen MR) is 114 cm³/mol. The van der Waals surface area contributed by atoms with E-state index in [1.807, 2.05) is 38.1 Å². The van der Waals surface area contributed by atoms with Gasteiger partial charge in [-0.3, -0.25) is 4.79 Å². The molecule has 0 aliphatic carbocycles. The van der Waals surface area contributed by atoms with Crippen molar-refractivity contribution in [1.29, 1.82) is 0 Å². The number of nitrogens with one attached hydrogen (secondary N) is 1. The van der Waals surface area contributed by atoms with Crippen LogP contribution in [0.15, 0.2) is 47.6 Å². The van der Waals surface area contributed by atoms with Crippen LogP contribution in [0.4, 0.5) is 5.69 Å². The number of para-hydroxylation sites is 1. The van der Waals surface area contributed by atoms with Crippen LogP contribution in [0.3, 0.4) is 0 Å². The van der Waals surface area contributed by atoms with Crippen molar-refractivity contribution in [2.45, 2.75) is 30.7 Å². The Morgan fingerprint density at radius 1 is 1.20 bits per heavy atom. The van der Waals surface area contributed by atoms with Crippen LogP contribution >= 0.6 is 11.8 Å². The summed E-state index contributed by atoms with van der Waals surface area (Å²) in [6.45, 7) is 4.02. The van der Waals surface area contributed by atoms with Crippen molar-refractivity contribution in [3.05, 3.63) is 48.3 Å². The van der Waals surface area contributed by atoms with Crippen LogP contribution in [0.2, 0.25) is 0 Å². The van der Waals surface area contributed by atoms with Crippen LogP contribution in [0.5, 0.6) is 11.5 Å². The number of hydrogen-bond acceptors (Lipinski definition) is 7. The first-order valence-corrected chi connectivity index (χ1v) is 10.5. The fourth-order valence-electron chi connectivity index (χ4n) is 3.36. The smallest absolute Gasteiger partial charge is 0.237 e. The summed E-state index contributed by atoms with van der Waals surface area (Å²) in [6, 6.07) is 13.2. The Kier molecular flexibility index (Phi) is 4.66. The number of thioether (sulfide) groups is 1. The molecule has 30 heavy (non-hydrogen) atoms. The number of benzene rings is 2. The molecular weight excluding hydrogens is 402 g/mol. The van der Waals surface area contributed by atoms with E-state index in [2.05, 4.69) is 15.4 Å². The van der Waals surface area contributed by atoms with Gasteiger partial charge in [0, 0.05) is 17.1 Å². The standard InChI is InChI=1S/C21H19N5O3S/c1-3-18(20(27)23-13-8-9-16-17(10-13)29-11-28-16)30-21-24-15-7-5-4-6-14(15)19-22-12(2)25-26(19)21/h4-10,18H,3,11H2,1-2H3,(H,23,27). The Balaban J connectivity index is 1.44. The average molecular weight is 421 g/mol. The molecule has 0 saturated carbocycles. The first-order valence-electron chi connectivity index (χ1n) is 9.61. The molecule has 9 heteroatoms. The second-order valence-electron chi connectivity index (χ2n) is 6.88. The normalized spacial score (nSPS) is 13.7. The zero-order valence-corrected chi connectivity index (χ0v) is 17.3. The van der Waals surface area contributed by atoms with Crippen molar-refractivity contribution in [1.82, 2.24) is 19.6 Å². The van der Waals surface area contributed by atoms with Gasteiger partial charge in [-0.15, -0.1) is 5.10 Å². The first-order chi connectivity index (χ1) is 14.6. The monoisotopic (exact) mass is 421 g/mol. The number of fused-ring (bicyclic) bond motifs is 4. The number of ether oxygens (including phenoxy) is 2. The highest BCUT2D eigenvalue weighted by molar-refractivity contribution is 8.00. The summed E-state index contributed by atoms with van der Waals surface area (Å²) in [5, 5.41) is 8.68. The third-order valence-corrected chi connectivity index (χ3v) is 6.11. The molecular formula is C21H19N5O3S. The molecule has 0 fully saturated rings. The molecule has 0 bridgehead atoms. The summed E-state index contributed by atoms with van der Waals surface area (Å²) < 4.78 is 12.4. The quantitative estimate of drug-likeness (QED) is 0.387. The molecule has 1 amide bonds. The first kappa shape index (κ1) is 18.7. The lowest BCUT2D eigenvalue weighted by atomic mass is 10.2. The van der Waals surface area contributed by atoms with Crippen molar-refractivity contribution >= 4 is 39.9 Å². The van der Waals surface area contributed by atoms with E-state index in [-0.39, 0.29) is 18.0 Å². The van der Waals surface area contributed by atoms with Gasteiger partial charge in [-0.05, 0) is 37.6 Å². The molecule has 1 aliphatic rings. The number of anilines is 1.